The smallest absolute Gasteiger partial charge is 0.191 e. The molecule has 7 nitrogen and oxygen atoms in total. The number of morpholine rings is 2. The van der Waals surface area contributed by atoms with E-state index in [1.165, 1.54) is 0 Å². The first-order valence-electron chi connectivity index (χ1n) is 9.36. The zero-order valence-corrected chi connectivity index (χ0v) is 15.6. The van der Waals surface area contributed by atoms with Crippen LogP contribution >= 0.6 is 0 Å². The first-order valence-corrected chi connectivity index (χ1v) is 9.36. The van der Waals surface area contributed by atoms with Gasteiger partial charge in [-0.1, -0.05) is 0 Å². The molecule has 2 aliphatic heterocycles. The van der Waals surface area contributed by atoms with Gasteiger partial charge in [-0.2, -0.15) is 0 Å². The van der Waals surface area contributed by atoms with Crippen LogP contribution in [0.4, 0.5) is 0 Å². The molecule has 0 bridgehead atoms. The van der Waals surface area contributed by atoms with Crippen LogP contribution in [0, 0.1) is 0 Å². The normalized spacial score (nSPS) is 23.7. The lowest BCUT2D eigenvalue weighted by Crippen LogP contribution is -2.49. The number of guanidine groups is 1. The molecular formula is C17H35N5O2. The van der Waals surface area contributed by atoms with E-state index in [2.05, 4.69) is 41.2 Å². The van der Waals surface area contributed by atoms with Crippen LogP contribution < -0.4 is 10.6 Å². The summed E-state index contributed by atoms with van der Waals surface area (Å²) in [4.78, 5) is 9.69. The molecular weight excluding hydrogens is 306 g/mol. The molecule has 0 aromatic heterocycles. The summed E-state index contributed by atoms with van der Waals surface area (Å²) in [5, 5.41) is 6.84. The Labute approximate surface area is 146 Å². The highest BCUT2D eigenvalue weighted by atomic mass is 16.5. The second kappa shape index (κ2) is 10.9. The van der Waals surface area contributed by atoms with Crippen LogP contribution in [0.5, 0.6) is 0 Å². The van der Waals surface area contributed by atoms with Gasteiger partial charge in [0.15, 0.2) is 5.96 Å². The Kier molecular flexibility index (Phi) is 8.80. The fraction of sp³-hybridized carbons (Fsp3) is 0.941. The third-order valence-electron chi connectivity index (χ3n) is 4.76. The van der Waals surface area contributed by atoms with Gasteiger partial charge in [-0.25, -0.2) is 0 Å². The maximum Gasteiger partial charge on any atom is 0.191 e. The third kappa shape index (κ3) is 6.55. The van der Waals surface area contributed by atoms with E-state index in [0.717, 1.165) is 78.2 Å². The van der Waals surface area contributed by atoms with E-state index < -0.39 is 0 Å². The molecule has 0 saturated carbocycles. The zero-order valence-electron chi connectivity index (χ0n) is 15.6. The fourth-order valence-electron chi connectivity index (χ4n) is 3.09. The quantitative estimate of drug-likeness (QED) is 0.501. The Morgan fingerprint density at radius 2 is 1.46 bits per heavy atom. The first kappa shape index (κ1) is 19.4. The lowest BCUT2D eigenvalue weighted by molar-refractivity contribution is 0.0210. The summed E-state index contributed by atoms with van der Waals surface area (Å²) >= 11 is 0. The van der Waals surface area contributed by atoms with Gasteiger partial charge in [-0.05, 0) is 20.8 Å². The highest BCUT2D eigenvalue weighted by molar-refractivity contribution is 5.79. The van der Waals surface area contributed by atoms with Crippen molar-refractivity contribution < 1.29 is 9.47 Å². The van der Waals surface area contributed by atoms with E-state index >= 15 is 0 Å². The molecule has 24 heavy (non-hydrogen) atoms. The van der Waals surface area contributed by atoms with Crippen molar-refractivity contribution in [3.63, 3.8) is 0 Å². The van der Waals surface area contributed by atoms with Crippen LogP contribution in [0.25, 0.3) is 0 Å². The molecule has 0 spiro atoms. The number of rotatable bonds is 7. The fourth-order valence-corrected chi connectivity index (χ4v) is 3.09. The van der Waals surface area contributed by atoms with E-state index in [0.29, 0.717) is 12.1 Å². The van der Waals surface area contributed by atoms with Crippen LogP contribution in [0.2, 0.25) is 0 Å². The highest BCUT2D eigenvalue weighted by Crippen LogP contribution is 2.04. The monoisotopic (exact) mass is 341 g/mol. The van der Waals surface area contributed by atoms with E-state index in [1.54, 1.807) is 0 Å². The lowest BCUT2D eigenvalue weighted by atomic mass is 10.2. The summed E-state index contributed by atoms with van der Waals surface area (Å²) in [7, 11) is 0. The van der Waals surface area contributed by atoms with Crippen LogP contribution in [0.1, 0.15) is 20.8 Å². The molecule has 2 saturated heterocycles. The van der Waals surface area contributed by atoms with Gasteiger partial charge < -0.3 is 20.1 Å². The average molecular weight is 342 g/mol. The van der Waals surface area contributed by atoms with Crippen LogP contribution in [-0.4, -0.2) is 100 Å². The van der Waals surface area contributed by atoms with Gasteiger partial charge in [0.05, 0.1) is 33.0 Å². The standard InChI is InChI=1S/C17H35N5O2/c1-4-18-17(19-13-15(2)21-5-9-23-10-6-21)20-14-16(3)22-7-11-24-12-8-22/h15-16H,4-14H2,1-3H3,(H2,18,19,20)/t15-,16-/m1/s1. The second-order valence-electron chi connectivity index (χ2n) is 6.60. The molecule has 2 rings (SSSR count). The third-order valence-corrected chi connectivity index (χ3v) is 4.76. The topological polar surface area (TPSA) is 61.4 Å². The molecule has 0 radical (unpaired) electrons. The molecule has 0 amide bonds. The van der Waals surface area contributed by atoms with Crippen LogP contribution in [-0.2, 0) is 9.47 Å². The molecule has 0 aliphatic carbocycles. The van der Waals surface area contributed by atoms with Gasteiger partial charge in [-0.3, -0.25) is 14.8 Å². The number of nitrogens with zero attached hydrogens (tertiary/aromatic N) is 3. The van der Waals surface area contributed by atoms with Crippen molar-refractivity contribution >= 4 is 5.96 Å². The average Bonchev–Trinajstić information content (AvgIpc) is 2.65. The van der Waals surface area contributed by atoms with Crippen molar-refractivity contribution in [2.45, 2.75) is 32.9 Å². The van der Waals surface area contributed by atoms with Crippen molar-refractivity contribution in [2.24, 2.45) is 4.99 Å². The van der Waals surface area contributed by atoms with Gasteiger partial charge in [0, 0.05) is 51.4 Å². The summed E-state index contributed by atoms with van der Waals surface area (Å²) in [5.41, 5.74) is 0. The summed E-state index contributed by atoms with van der Waals surface area (Å²) in [6.45, 7) is 16.6. The summed E-state index contributed by atoms with van der Waals surface area (Å²) in [6, 6.07) is 0.926. The van der Waals surface area contributed by atoms with E-state index in [-0.39, 0.29) is 0 Å². The molecule has 7 heteroatoms. The molecule has 2 aliphatic rings. The zero-order chi connectivity index (χ0) is 17.2. The van der Waals surface area contributed by atoms with Crippen LogP contribution in [0.3, 0.4) is 0 Å². The van der Waals surface area contributed by atoms with Gasteiger partial charge in [0.1, 0.15) is 0 Å². The molecule has 2 heterocycles. The molecule has 2 atom stereocenters. The number of hydrogen-bond acceptors (Lipinski definition) is 5. The van der Waals surface area contributed by atoms with Crippen molar-refractivity contribution in [3.8, 4) is 0 Å². The minimum Gasteiger partial charge on any atom is -0.379 e. The van der Waals surface area contributed by atoms with Crippen molar-refractivity contribution in [1.29, 1.82) is 0 Å². The first-order chi connectivity index (χ1) is 11.7. The molecule has 140 valence electrons. The lowest BCUT2D eigenvalue weighted by Gasteiger charge is -2.33. The number of ether oxygens (including phenoxy) is 2. The number of hydrogen-bond donors (Lipinski definition) is 2. The summed E-state index contributed by atoms with van der Waals surface area (Å²) in [6.07, 6.45) is 0. The molecule has 0 unspecified atom stereocenters. The van der Waals surface area contributed by atoms with E-state index in [4.69, 9.17) is 14.5 Å². The van der Waals surface area contributed by atoms with Crippen molar-refractivity contribution in [3.05, 3.63) is 0 Å². The Hall–Kier alpha value is -0.890. The Morgan fingerprint density at radius 3 is 2.00 bits per heavy atom. The number of aliphatic imine (C=N–C) groups is 1. The SMILES string of the molecule is CCNC(=NC[C@@H](C)N1CCOCC1)NC[C@@H](C)N1CCOCC1. The van der Waals surface area contributed by atoms with Crippen molar-refractivity contribution in [2.75, 3.05) is 72.2 Å². The van der Waals surface area contributed by atoms with E-state index in [1.807, 2.05) is 0 Å². The largest absolute Gasteiger partial charge is 0.379 e. The summed E-state index contributed by atoms with van der Waals surface area (Å²) < 4.78 is 10.8. The van der Waals surface area contributed by atoms with Crippen LogP contribution in [0.15, 0.2) is 4.99 Å². The highest BCUT2D eigenvalue weighted by Gasteiger charge is 2.18. The predicted octanol–water partition coefficient (Wildman–Crippen LogP) is -0.0171. The molecule has 0 aromatic rings. The summed E-state index contributed by atoms with van der Waals surface area (Å²) in [5.74, 6) is 0.915. The maximum absolute atomic E-state index is 5.42. The van der Waals surface area contributed by atoms with Gasteiger partial charge in [0.2, 0.25) is 0 Å². The second-order valence-corrected chi connectivity index (χ2v) is 6.60. The minimum atomic E-state index is 0.445. The maximum atomic E-state index is 5.42. The van der Waals surface area contributed by atoms with Gasteiger partial charge >= 0.3 is 0 Å². The molecule has 2 fully saturated rings. The van der Waals surface area contributed by atoms with Crippen molar-refractivity contribution in [1.82, 2.24) is 20.4 Å². The van der Waals surface area contributed by atoms with Gasteiger partial charge in [-0.15, -0.1) is 0 Å². The van der Waals surface area contributed by atoms with Gasteiger partial charge in [0.25, 0.3) is 0 Å². The Bertz CT molecular complexity index is 368. The molecule has 0 aromatic carbocycles. The molecule has 2 N–H and O–H groups in total. The van der Waals surface area contributed by atoms with E-state index in [9.17, 15) is 0 Å². The number of nitrogens with one attached hydrogen (secondary N) is 2. The predicted molar refractivity (Wildman–Crippen MR) is 97.7 cm³/mol. The Balaban J connectivity index is 1.76. The Morgan fingerprint density at radius 1 is 0.917 bits per heavy atom. The minimum absolute atomic E-state index is 0.445.